The van der Waals surface area contributed by atoms with Crippen LogP contribution in [0.1, 0.15) is 32.6 Å². The van der Waals surface area contributed by atoms with Crippen LogP contribution in [0.4, 0.5) is 0 Å². The molecule has 7 heteroatoms. The molecule has 2 aliphatic rings. The number of nitrogens with zero attached hydrogens (tertiary/aromatic N) is 4. The Morgan fingerprint density at radius 3 is 2.73 bits per heavy atom. The highest BCUT2D eigenvalue weighted by molar-refractivity contribution is 5.97. The van der Waals surface area contributed by atoms with Crippen LogP contribution in [0.2, 0.25) is 0 Å². The number of aliphatic hydroxyl groups excluding tert-OH is 1. The van der Waals surface area contributed by atoms with E-state index in [1.54, 1.807) is 17.3 Å². The Balaban J connectivity index is 1.24. The van der Waals surface area contributed by atoms with Crippen LogP contribution < -0.4 is 4.74 Å². The molecule has 33 heavy (non-hydrogen) atoms. The average Bonchev–Trinajstić information content (AvgIpc) is 2.98. The van der Waals surface area contributed by atoms with Crippen LogP contribution in [0, 0.1) is 0 Å². The van der Waals surface area contributed by atoms with Crippen molar-refractivity contribution in [3.8, 4) is 5.75 Å². The van der Waals surface area contributed by atoms with Gasteiger partial charge < -0.3 is 14.7 Å². The van der Waals surface area contributed by atoms with Gasteiger partial charge in [-0.05, 0) is 53.3 Å². The first-order valence-corrected chi connectivity index (χ1v) is 11.4. The fourth-order valence-corrected chi connectivity index (χ4v) is 4.67. The highest BCUT2D eigenvalue weighted by Crippen LogP contribution is 2.26. The molecule has 5 rings (SSSR count). The van der Waals surface area contributed by atoms with Crippen LogP contribution in [0.3, 0.4) is 0 Å². The number of hydrogen-bond donors (Lipinski definition) is 1. The van der Waals surface area contributed by atoms with Crippen LogP contribution in [-0.2, 0) is 19.4 Å². The number of benzene rings is 2. The van der Waals surface area contributed by atoms with Crippen molar-refractivity contribution in [3.05, 3.63) is 88.7 Å². The van der Waals surface area contributed by atoms with E-state index in [1.807, 2.05) is 24.3 Å². The van der Waals surface area contributed by atoms with Crippen molar-refractivity contribution in [3.63, 3.8) is 0 Å². The molecule has 1 atom stereocenters. The first-order chi connectivity index (χ1) is 16.2. The molecule has 0 saturated carbocycles. The molecule has 0 aliphatic carbocycles. The standard InChI is InChI=1S/C26H28N4O3/c31-23(17-29-10-8-21-3-1-2-4-22(21)16-29)18-30-11-12-33-25-6-5-19(14-24(25)26(30)32)13-20-7-9-27-28-15-20/h1-7,9,14-15,23,31H,8,10-13,16-18H2. The van der Waals surface area contributed by atoms with Crippen molar-refractivity contribution in [2.45, 2.75) is 25.5 Å². The summed E-state index contributed by atoms with van der Waals surface area (Å²) >= 11 is 0. The number of rotatable bonds is 6. The summed E-state index contributed by atoms with van der Waals surface area (Å²) < 4.78 is 5.85. The third kappa shape index (κ3) is 5.05. The predicted molar refractivity (Wildman–Crippen MR) is 124 cm³/mol. The summed E-state index contributed by atoms with van der Waals surface area (Å²) in [7, 11) is 0. The highest BCUT2D eigenvalue weighted by Gasteiger charge is 2.27. The lowest BCUT2D eigenvalue weighted by molar-refractivity contribution is 0.0501. The Morgan fingerprint density at radius 2 is 1.88 bits per heavy atom. The van der Waals surface area contributed by atoms with Crippen molar-refractivity contribution < 1.29 is 14.6 Å². The van der Waals surface area contributed by atoms with E-state index in [0.29, 0.717) is 37.4 Å². The number of carbonyl (C=O) groups excluding carboxylic acids is 1. The maximum Gasteiger partial charge on any atom is 0.257 e. The monoisotopic (exact) mass is 444 g/mol. The summed E-state index contributed by atoms with van der Waals surface area (Å²) in [4.78, 5) is 17.3. The maximum absolute atomic E-state index is 13.3. The molecular formula is C26H28N4O3. The average molecular weight is 445 g/mol. The van der Waals surface area contributed by atoms with E-state index < -0.39 is 6.10 Å². The van der Waals surface area contributed by atoms with Crippen molar-refractivity contribution in [2.24, 2.45) is 0 Å². The van der Waals surface area contributed by atoms with Crippen molar-refractivity contribution >= 4 is 5.91 Å². The molecule has 3 heterocycles. The van der Waals surface area contributed by atoms with Gasteiger partial charge in [0.25, 0.3) is 5.91 Å². The van der Waals surface area contributed by atoms with Gasteiger partial charge in [0.05, 0.1) is 24.4 Å². The normalized spacial score (nSPS) is 17.0. The molecule has 0 fully saturated rings. The molecule has 170 valence electrons. The zero-order chi connectivity index (χ0) is 22.6. The van der Waals surface area contributed by atoms with Gasteiger partial charge in [0.1, 0.15) is 12.4 Å². The number of hydrogen-bond acceptors (Lipinski definition) is 6. The Bertz CT molecular complexity index is 1120. The number of carbonyl (C=O) groups is 1. The Hall–Kier alpha value is -3.29. The minimum absolute atomic E-state index is 0.0970. The van der Waals surface area contributed by atoms with Gasteiger partial charge in [-0.1, -0.05) is 30.3 Å². The first kappa shape index (κ1) is 21.6. The molecule has 3 aromatic rings. The second-order valence-electron chi connectivity index (χ2n) is 8.77. The molecule has 1 unspecified atom stereocenters. The van der Waals surface area contributed by atoms with E-state index in [1.165, 1.54) is 11.1 Å². The minimum atomic E-state index is -0.619. The fraction of sp³-hybridized carbons (Fsp3) is 0.346. The van der Waals surface area contributed by atoms with Crippen molar-refractivity contribution in [1.82, 2.24) is 20.0 Å². The van der Waals surface area contributed by atoms with Gasteiger partial charge in [0.2, 0.25) is 0 Å². The Labute approximate surface area is 193 Å². The van der Waals surface area contributed by atoms with Gasteiger partial charge in [0, 0.05) is 32.4 Å². The van der Waals surface area contributed by atoms with Crippen molar-refractivity contribution in [2.75, 3.05) is 32.8 Å². The summed E-state index contributed by atoms with van der Waals surface area (Å²) in [6.07, 6.45) is 4.42. The SMILES string of the molecule is O=C1c2cc(Cc3ccnnc3)ccc2OCCN1CC(O)CN1CCc2ccccc2C1. The van der Waals surface area contributed by atoms with E-state index >= 15 is 0 Å². The number of ether oxygens (including phenoxy) is 1. The Kier molecular flexibility index (Phi) is 6.32. The number of β-amino-alcohol motifs (C(OH)–C–C–N with tert-alkyl or cyclic N) is 1. The third-order valence-corrected chi connectivity index (χ3v) is 6.34. The van der Waals surface area contributed by atoms with Gasteiger partial charge in [-0.15, -0.1) is 0 Å². The Morgan fingerprint density at radius 1 is 1.00 bits per heavy atom. The first-order valence-electron chi connectivity index (χ1n) is 11.4. The van der Waals surface area contributed by atoms with Gasteiger partial charge in [0.15, 0.2) is 0 Å². The van der Waals surface area contributed by atoms with Crippen molar-refractivity contribution in [1.29, 1.82) is 0 Å². The van der Waals surface area contributed by atoms with Crippen LogP contribution >= 0.6 is 0 Å². The molecule has 1 aromatic heterocycles. The van der Waals surface area contributed by atoms with Gasteiger partial charge in [-0.2, -0.15) is 10.2 Å². The maximum atomic E-state index is 13.3. The molecular weight excluding hydrogens is 416 g/mol. The molecule has 0 saturated heterocycles. The summed E-state index contributed by atoms with van der Waals surface area (Å²) in [5, 5.41) is 18.6. The number of fused-ring (bicyclic) bond motifs is 2. The van der Waals surface area contributed by atoms with E-state index in [9.17, 15) is 9.90 Å². The molecule has 2 aliphatic heterocycles. The molecule has 0 radical (unpaired) electrons. The lowest BCUT2D eigenvalue weighted by Crippen LogP contribution is -2.44. The second-order valence-corrected chi connectivity index (χ2v) is 8.77. The highest BCUT2D eigenvalue weighted by atomic mass is 16.5. The zero-order valence-electron chi connectivity index (χ0n) is 18.6. The predicted octanol–water partition coefficient (Wildman–Crippen LogP) is 2.32. The van der Waals surface area contributed by atoms with Crippen LogP contribution in [0.15, 0.2) is 60.9 Å². The lowest BCUT2D eigenvalue weighted by atomic mass is 9.99. The molecule has 1 N–H and O–H groups in total. The second kappa shape index (κ2) is 9.68. The fourth-order valence-electron chi connectivity index (χ4n) is 4.67. The van der Waals surface area contributed by atoms with E-state index in [-0.39, 0.29) is 12.5 Å². The number of amides is 1. The minimum Gasteiger partial charge on any atom is -0.491 e. The molecule has 1 amide bonds. The van der Waals surface area contributed by atoms with Gasteiger partial charge >= 0.3 is 0 Å². The van der Waals surface area contributed by atoms with Crippen LogP contribution in [0.25, 0.3) is 0 Å². The summed E-state index contributed by atoms with van der Waals surface area (Å²) in [5.41, 5.74) is 5.29. The number of aliphatic hydroxyl groups is 1. The van der Waals surface area contributed by atoms with Gasteiger partial charge in [-0.3, -0.25) is 9.69 Å². The van der Waals surface area contributed by atoms with E-state index in [2.05, 4.69) is 39.4 Å². The smallest absolute Gasteiger partial charge is 0.257 e. The quantitative estimate of drug-likeness (QED) is 0.629. The molecule has 0 bridgehead atoms. The van der Waals surface area contributed by atoms with Crippen LogP contribution in [0.5, 0.6) is 5.75 Å². The molecule has 7 nitrogen and oxygen atoms in total. The summed E-state index contributed by atoms with van der Waals surface area (Å²) in [5.74, 6) is 0.501. The lowest BCUT2D eigenvalue weighted by Gasteiger charge is -2.32. The van der Waals surface area contributed by atoms with E-state index in [4.69, 9.17) is 4.74 Å². The van der Waals surface area contributed by atoms with E-state index in [0.717, 1.165) is 30.6 Å². The van der Waals surface area contributed by atoms with Crippen LogP contribution in [-0.4, -0.2) is 69.9 Å². The molecule has 2 aromatic carbocycles. The topological polar surface area (TPSA) is 78.8 Å². The number of aromatic nitrogens is 2. The zero-order valence-corrected chi connectivity index (χ0v) is 18.6. The van der Waals surface area contributed by atoms with Gasteiger partial charge in [-0.25, -0.2) is 0 Å². The third-order valence-electron chi connectivity index (χ3n) is 6.34. The summed E-state index contributed by atoms with van der Waals surface area (Å²) in [6.45, 7) is 3.45. The summed E-state index contributed by atoms with van der Waals surface area (Å²) in [6, 6.07) is 16.1. The largest absolute Gasteiger partial charge is 0.491 e. The molecule has 0 spiro atoms.